The molecule has 16 heteroatoms. The van der Waals surface area contributed by atoms with Crippen molar-refractivity contribution in [2.45, 2.75) is 171 Å². The molecule has 558 valence electrons. The van der Waals surface area contributed by atoms with Gasteiger partial charge < -0.3 is 76.8 Å². The Balaban J connectivity index is 0.904. The molecule has 10 aromatic rings. The number of fused-ring (bicyclic) bond motifs is 2. The molecule has 16 atom stereocenters. The Hall–Kier alpha value is -8.18. The van der Waals surface area contributed by atoms with Crippen LogP contribution in [0.2, 0.25) is 0 Å². The lowest BCUT2D eigenvalue weighted by Crippen LogP contribution is -2.66. The molecule has 4 aliphatic rings. The van der Waals surface area contributed by atoms with Crippen molar-refractivity contribution in [1.29, 1.82) is 0 Å². The highest BCUT2D eigenvalue weighted by atomic mass is 16.8. The van der Waals surface area contributed by atoms with E-state index in [1.165, 1.54) is 0 Å². The molecule has 2 N–H and O–H groups in total. The van der Waals surface area contributed by atoms with Crippen molar-refractivity contribution < 1.29 is 71.1 Å². The second-order valence-corrected chi connectivity index (χ2v) is 28.0. The van der Waals surface area contributed by atoms with Crippen LogP contribution < -0.4 is 5.73 Å². The molecule has 0 aromatic heterocycles. The molecule has 0 bridgehead atoms. The number of ether oxygens (including phenoxy) is 15. The molecule has 0 aliphatic carbocycles. The number of hydrogen-bond acceptors (Lipinski definition) is 16. The van der Waals surface area contributed by atoms with Crippen molar-refractivity contribution in [3.8, 4) is 0 Å². The van der Waals surface area contributed by atoms with Crippen LogP contribution in [-0.4, -0.2) is 119 Å². The lowest BCUT2D eigenvalue weighted by Gasteiger charge is -2.53. The third-order valence-corrected chi connectivity index (χ3v) is 20.3. The third-order valence-electron chi connectivity index (χ3n) is 20.3. The van der Waals surface area contributed by atoms with E-state index in [2.05, 4.69) is 115 Å². The van der Waals surface area contributed by atoms with E-state index in [0.29, 0.717) is 32.8 Å². The smallest absolute Gasteiger partial charge is 0.187 e. The van der Waals surface area contributed by atoms with Gasteiger partial charge in [-0.05, 0) is 93.6 Å². The van der Waals surface area contributed by atoms with Crippen molar-refractivity contribution >= 4 is 10.8 Å². The second-order valence-electron chi connectivity index (χ2n) is 28.0. The zero-order valence-electron chi connectivity index (χ0n) is 60.6. The molecule has 4 aliphatic heterocycles. The first kappa shape index (κ1) is 75.6. The van der Waals surface area contributed by atoms with Gasteiger partial charge in [0.1, 0.15) is 61.0 Å². The minimum atomic E-state index is -1.17. The summed E-state index contributed by atoms with van der Waals surface area (Å²) in [5.41, 5.74) is 14.8. The normalized spacial score (nSPS) is 25.8. The first-order chi connectivity index (χ1) is 53.0. The quantitative estimate of drug-likeness (QED) is 0.0365. The van der Waals surface area contributed by atoms with E-state index < -0.39 is 98.0 Å². The van der Waals surface area contributed by atoms with E-state index in [4.69, 9.17) is 76.8 Å². The van der Waals surface area contributed by atoms with Gasteiger partial charge in [-0.3, -0.25) is 0 Å². The molecule has 14 rings (SSSR count). The number of nitrogens with two attached hydrogens (primary N) is 1. The van der Waals surface area contributed by atoms with Crippen LogP contribution in [0.4, 0.5) is 0 Å². The number of unbranched alkanes of at least 4 members (excludes halogenated alkanes) is 2. The summed E-state index contributed by atoms with van der Waals surface area (Å²) in [5.74, 6) is -0.756. The van der Waals surface area contributed by atoms with E-state index in [-0.39, 0.29) is 65.9 Å². The monoisotopic (exact) mass is 1450 g/mol. The third kappa shape index (κ3) is 21.2. The number of rotatable bonds is 37. The minimum absolute atomic E-state index is 0.0837. The summed E-state index contributed by atoms with van der Waals surface area (Å²) >= 11 is 0. The van der Waals surface area contributed by atoms with Crippen LogP contribution in [0.15, 0.2) is 285 Å². The molecule has 10 aromatic carbocycles. The standard InChI is InChI=1S/C91H99NO15/c92-50-28-9-29-51-95-91-88(87(100-60-71-42-22-7-23-43-71)84(99-59-70-40-20-6-21-41-70)79(105-91)63-94-55-66-32-12-2-13-33-66)107-90-76(81(96-56-67-34-14-3-15-35-67)83(98-58-69-38-18-5-19-39-69)78(104-90)62-93-54-65-30-10-1-11-31-65)53-77-82(97-57-68-36-16-4-17-37-68)86(101-61-72-48-49-73-44-26-27-47-75(73)52-72)85-80(103-77)64-102-89(106-85)74-45-24-8-25-46-74/h1-8,10-27,30-49,52,76-91H,9,28-29,50-51,53-64,92H2. The fourth-order valence-corrected chi connectivity index (χ4v) is 14.7. The first-order valence-electron chi connectivity index (χ1n) is 37.9. The van der Waals surface area contributed by atoms with Gasteiger partial charge in [-0.25, -0.2) is 0 Å². The largest absolute Gasteiger partial charge is 0.374 e. The Bertz CT molecular complexity index is 4140. The Morgan fingerprint density at radius 3 is 1.23 bits per heavy atom. The van der Waals surface area contributed by atoms with Crippen molar-refractivity contribution in [2.75, 3.05) is 33.0 Å². The molecule has 107 heavy (non-hydrogen) atoms. The molecule has 4 heterocycles. The van der Waals surface area contributed by atoms with E-state index >= 15 is 0 Å². The van der Waals surface area contributed by atoms with E-state index in [1.807, 2.05) is 170 Å². The maximum atomic E-state index is 8.07. The van der Waals surface area contributed by atoms with Crippen LogP contribution >= 0.6 is 0 Å². The van der Waals surface area contributed by atoms with Crippen LogP contribution in [0, 0.1) is 5.92 Å². The fourth-order valence-electron chi connectivity index (χ4n) is 14.7. The van der Waals surface area contributed by atoms with Crippen LogP contribution in [0.5, 0.6) is 0 Å². The lowest BCUT2D eigenvalue weighted by molar-refractivity contribution is -0.379. The van der Waals surface area contributed by atoms with E-state index in [1.54, 1.807) is 0 Å². The molecular formula is C91H99NO15. The topological polar surface area (TPSA) is 164 Å². The van der Waals surface area contributed by atoms with E-state index in [0.717, 1.165) is 73.7 Å². The summed E-state index contributed by atoms with van der Waals surface area (Å²) in [6.45, 7) is 3.20. The maximum Gasteiger partial charge on any atom is 0.187 e. The zero-order chi connectivity index (χ0) is 72.4. The Kier molecular flexibility index (Phi) is 28.1. The van der Waals surface area contributed by atoms with Crippen LogP contribution in [-0.2, 0) is 124 Å². The predicted molar refractivity (Wildman–Crippen MR) is 408 cm³/mol. The molecule has 4 fully saturated rings. The van der Waals surface area contributed by atoms with Crippen molar-refractivity contribution in [3.63, 3.8) is 0 Å². The Morgan fingerprint density at radius 2 is 0.729 bits per heavy atom. The molecule has 0 spiro atoms. The highest BCUT2D eigenvalue weighted by Gasteiger charge is 2.58. The fraction of sp³-hybridized carbons (Fsp3) is 0.363. The van der Waals surface area contributed by atoms with Gasteiger partial charge in [-0.2, -0.15) is 0 Å². The van der Waals surface area contributed by atoms with Gasteiger partial charge in [-0.15, -0.1) is 0 Å². The maximum absolute atomic E-state index is 8.07. The molecular weight excluding hydrogens is 1350 g/mol. The van der Waals surface area contributed by atoms with Crippen LogP contribution in [0.3, 0.4) is 0 Å². The average Bonchev–Trinajstić information content (AvgIpc) is 0.757. The summed E-state index contributed by atoms with van der Waals surface area (Å²) in [6.07, 6.45) is -9.90. The summed E-state index contributed by atoms with van der Waals surface area (Å²) in [7, 11) is 0. The van der Waals surface area contributed by atoms with Crippen molar-refractivity contribution in [2.24, 2.45) is 11.7 Å². The summed E-state index contributed by atoms with van der Waals surface area (Å²) in [4.78, 5) is 0. The molecule has 0 saturated carbocycles. The Labute approximate surface area is 629 Å². The Morgan fingerprint density at radius 1 is 0.318 bits per heavy atom. The second kappa shape index (κ2) is 39.8. The van der Waals surface area contributed by atoms with E-state index in [9.17, 15) is 0 Å². The van der Waals surface area contributed by atoms with Gasteiger partial charge in [0.15, 0.2) is 18.9 Å². The minimum Gasteiger partial charge on any atom is -0.374 e. The summed E-state index contributed by atoms with van der Waals surface area (Å²) in [6, 6.07) is 95.9. The highest BCUT2D eigenvalue weighted by molar-refractivity contribution is 5.83. The SMILES string of the molecule is NCCCCCOC1OC(COCc2ccccc2)C(OCc2ccccc2)C(OCc2ccccc2)C1OC1OC(COCc2ccccc2)C(OCc2ccccc2)C(OCc2ccccc2)C1CC1OC2COC(c3ccccc3)OC2C(OCc2ccc3ccccc3c2)C1OCc1ccccc1. The molecule has 16 nitrogen and oxygen atoms in total. The highest BCUT2D eigenvalue weighted by Crippen LogP contribution is 2.44. The van der Waals surface area contributed by atoms with Crippen molar-refractivity contribution in [1.82, 2.24) is 0 Å². The van der Waals surface area contributed by atoms with Gasteiger partial charge >= 0.3 is 0 Å². The van der Waals surface area contributed by atoms with Crippen LogP contribution in [0.25, 0.3) is 10.8 Å². The average molecular weight is 1450 g/mol. The number of hydrogen-bond donors (Lipinski definition) is 1. The molecule has 0 radical (unpaired) electrons. The number of benzene rings is 10. The first-order valence-corrected chi connectivity index (χ1v) is 37.9. The van der Waals surface area contributed by atoms with Crippen molar-refractivity contribution in [3.05, 3.63) is 335 Å². The summed E-state index contributed by atoms with van der Waals surface area (Å²) < 4.78 is 110. The lowest BCUT2D eigenvalue weighted by atomic mass is 9.82. The molecule has 4 saturated heterocycles. The van der Waals surface area contributed by atoms with Gasteiger partial charge in [0.2, 0.25) is 0 Å². The predicted octanol–water partition coefficient (Wildman–Crippen LogP) is 16.0. The summed E-state index contributed by atoms with van der Waals surface area (Å²) in [5, 5.41) is 2.24. The van der Waals surface area contributed by atoms with Gasteiger partial charge in [0, 0.05) is 18.1 Å². The molecule has 16 unspecified atom stereocenters. The van der Waals surface area contributed by atoms with Gasteiger partial charge in [0.25, 0.3) is 0 Å². The molecule has 0 amide bonds. The van der Waals surface area contributed by atoms with Crippen LogP contribution in [0.1, 0.15) is 82.0 Å². The zero-order valence-corrected chi connectivity index (χ0v) is 60.6. The van der Waals surface area contributed by atoms with Gasteiger partial charge in [-0.1, -0.05) is 279 Å². The van der Waals surface area contributed by atoms with Gasteiger partial charge in [0.05, 0.1) is 84.9 Å².